The number of nitrogens with two attached hydrogens (primary N) is 1. The van der Waals surface area contributed by atoms with Crippen LogP contribution in [0.2, 0.25) is 0 Å². The van der Waals surface area contributed by atoms with E-state index in [9.17, 15) is 4.79 Å². The zero-order chi connectivity index (χ0) is 10.0. The van der Waals surface area contributed by atoms with Gasteiger partial charge in [-0.3, -0.25) is 0 Å². The first-order valence-electron chi connectivity index (χ1n) is 3.84. The van der Waals surface area contributed by atoms with E-state index in [1.807, 2.05) is 0 Å². The first-order chi connectivity index (χ1) is 6.02. The van der Waals surface area contributed by atoms with Crippen LogP contribution >= 0.6 is 12.4 Å². The number of hydrogen-bond donors (Lipinski definition) is 3. The number of rotatable bonds is 2. The Kier molecular flexibility index (Phi) is 4.40. The van der Waals surface area contributed by atoms with E-state index in [1.165, 1.54) is 12.1 Å². The fraction of sp³-hybridized carbons (Fsp3) is 0.222. The van der Waals surface area contributed by atoms with Crippen molar-refractivity contribution >= 4 is 18.4 Å². The molecule has 1 rings (SSSR count). The summed E-state index contributed by atoms with van der Waals surface area (Å²) < 4.78 is 0. The number of carboxylic acid groups (broad SMARTS) is 1. The van der Waals surface area contributed by atoms with E-state index in [0.29, 0.717) is 5.56 Å². The minimum atomic E-state index is -1.15. The number of hydrogen-bond acceptors (Lipinski definition) is 3. The number of aromatic hydroxyl groups is 1. The van der Waals surface area contributed by atoms with Crippen LogP contribution in [0.15, 0.2) is 18.2 Å². The minimum absolute atomic E-state index is 0. The first kappa shape index (κ1) is 12.7. The largest absolute Gasteiger partial charge is 0.507 e. The predicted octanol–water partition coefficient (Wildman–Crippen LogP) is 1.53. The zero-order valence-corrected chi connectivity index (χ0v) is 8.41. The summed E-state index contributed by atoms with van der Waals surface area (Å²) in [7, 11) is 0. The molecule has 0 bridgehead atoms. The first-order valence-corrected chi connectivity index (χ1v) is 3.84. The second-order valence-corrected chi connectivity index (χ2v) is 2.87. The number of phenols is 1. The summed E-state index contributed by atoms with van der Waals surface area (Å²) in [6, 6.07) is 4.08. The van der Waals surface area contributed by atoms with Gasteiger partial charge >= 0.3 is 5.97 Å². The molecule has 0 amide bonds. The van der Waals surface area contributed by atoms with Gasteiger partial charge in [-0.25, -0.2) is 4.79 Å². The normalized spacial score (nSPS) is 11.6. The SMILES string of the molecule is C[C@H](N)c1ccc(O)c(C(=O)O)c1.Cl. The second kappa shape index (κ2) is 4.83. The van der Waals surface area contributed by atoms with Gasteiger partial charge in [0.25, 0.3) is 0 Å². The van der Waals surface area contributed by atoms with Crippen LogP contribution in [0.1, 0.15) is 28.9 Å². The van der Waals surface area contributed by atoms with Crippen molar-refractivity contribution in [1.82, 2.24) is 0 Å². The van der Waals surface area contributed by atoms with Crippen LogP contribution in [0.5, 0.6) is 5.75 Å². The summed E-state index contributed by atoms with van der Waals surface area (Å²) in [5, 5.41) is 17.8. The molecular formula is C9H12ClNO3. The minimum Gasteiger partial charge on any atom is -0.507 e. The van der Waals surface area contributed by atoms with E-state index < -0.39 is 5.97 Å². The summed E-state index contributed by atoms with van der Waals surface area (Å²) >= 11 is 0. The highest BCUT2D eigenvalue weighted by atomic mass is 35.5. The standard InChI is InChI=1S/C9H11NO3.ClH/c1-5(10)6-2-3-8(11)7(4-6)9(12)13;/h2-5,11H,10H2,1H3,(H,12,13);1H/t5-;/m0./s1. The Morgan fingerprint density at radius 3 is 2.50 bits per heavy atom. The van der Waals surface area contributed by atoms with E-state index in [2.05, 4.69) is 0 Å². The van der Waals surface area contributed by atoms with Gasteiger partial charge < -0.3 is 15.9 Å². The van der Waals surface area contributed by atoms with Crippen molar-refractivity contribution in [2.24, 2.45) is 5.73 Å². The molecule has 0 unspecified atom stereocenters. The third-order valence-corrected chi connectivity index (χ3v) is 1.78. The number of aromatic carboxylic acids is 1. The molecule has 0 fully saturated rings. The molecule has 0 aliphatic rings. The highest BCUT2D eigenvalue weighted by molar-refractivity contribution is 5.90. The van der Waals surface area contributed by atoms with Crippen LogP contribution in [-0.2, 0) is 0 Å². The van der Waals surface area contributed by atoms with Gasteiger partial charge in [-0.15, -0.1) is 12.4 Å². The molecule has 0 aliphatic carbocycles. The lowest BCUT2D eigenvalue weighted by molar-refractivity contribution is 0.0693. The van der Waals surface area contributed by atoms with Crippen LogP contribution in [-0.4, -0.2) is 16.2 Å². The predicted molar refractivity (Wildman–Crippen MR) is 54.9 cm³/mol. The maximum absolute atomic E-state index is 10.6. The van der Waals surface area contributed by atoms with E-state index in [4.69, 9.17) is 15.9 Å². The fourth-order valence-corrected chi connectivity index (χ4v) is 1.01. The third kappa shape index (κ3) is 2.61. The van der Waals surface area contributed by atoms with Crippen LogP contribution < -0.4 is 5.73 Å². The highest BCUT2D eigenvalue weighted by Gasteiger charge is 2.11. The average molecular weight is 218 g/mol. The fourth-order valence-electron chi connectivity index (χ4n) is 1.01. The summed E-state index contributed by atoms with van der Waals surface area (Å²) in [6.07, 6.45) is 0. The smallest absolute Gasteiger partial charge is 0.339 e. The molecule has 0 saturated heterocycles. The van der Waals surface area contributed by atoms with Crippen LogP contribution in [0, 0.1) is 0 Å². The lowest BCUT2D eigenvalue weighted by Crippen LogP contribution is -2.06. The topological polar surface area (TPSA) is 83.5 Å². The van der Waals surface area contributed by atoms with Crippen molar-refractivity contribution in [3.05, 3.63) is 29.3 Å². The highest BCUT2D eigenvalue weighted by Crippen LogP contribution is 2.21. The molecule has 0 aliphatic heterocycles. The van der Waals surface area contributed by atoms with Gasteiger partial charge in [-0.05, 0) is 24.6 Å². The van der Waals surface area contributed by atoms with Gasteiger partial charge in [0.2, 0.25) is 0 Å². The van der Waals surface area contributed by atoms with Crippen molar-refractivity contribution in [1.29, 1.82) is 0 Å². The van der Waals surface area contributed by atoms with E-state index >= 15 is 0 Å². The maximum atomic E-state index is 10.6. The molecular weight excluding hydrogens is 206 g/mol. The van der Waals surface area contributed by atoms with Gasteiger partial charge in [-0.2, -0.15) is 0 Å². The summed E-state index contributed by atoms with van der Waals surface area (Å²) in [5.74, 6) is -1.39. The van der Waals surface area contributed by atoms with Gasteiger partial charge in [0.05, 0.1) is 0 Å². The monoisotopic (exact) mass is 217 g/mol. The van der Waals surface area contributed by atoms with Crippen molar-refractivity contribution < 1.29 is 15.0 Å². The van der Waals surface area contributed by atoms with E-state index in [1.54, 1.807) is 13.0 Å². The summed E-state index contributed by atoms with van der Waals surface area (Å²) in [5.41, 5.74) is 6.13. The van der Waals surface area contributed by atoms with Gasteiger partial charge in [-0.1, -0.05) is 6.07 Å². The Balaban J connectivity index is 0.00000169. The quantitative estimate of drug-likeness (QED) is 0.702. The Hall–Kier alpha value is -1.26. The number of carbonyl (C=O) groups is 1. The molecule has 0 spiro atoms. The molecule has 0 heterocycles. The molecule has 4 N–H and O–H groups in total. The van der Waals surface area contributed by atoms with Crippen molar-refractivity contribution in [2.45, 2.75) is 13.0 Å². The van der Waals surface area contributed by atoms with Gasteiger partial charge in [0.1, 0.15) is 11.3 Å². The molecule has 78 valence electrons. The molecule has 1 atom stereocenters. The Labute approximate surface area is 87.8 Å². The number of halogens is 1. The molecule has 0 aromatic heterocycles. The van der Waals surface area contributed by atoms with Crippen molar-refractivity contribution in [3.63, 3.8) is 0 Å². The van der Waals surface area contributed by atoms with E-state index in [-0.39, 0.29) is 29.8 Å². The van der Waals surface area contributed by atoms with E-state index in [0.717, 1.165) is 0 Å². The lowest BCUT2D eigenvalue weighted by atomic mass is 10.1. The number of benzene rings is 1. The van der Waals surface area contributed by atoms with Crippen LogP contribution in [0.3, 0.4) is 0 Å². The van der Waals surface area contributed by atoms with Crippen LogP contribution in [0.4, 0.5) is 0 Å². The molecule has 14 heavy (non-hydrogen) atoms. The summed E-state index contributed by atoms with van der Waals surface area (Å²) in [4.78, 5) is 10.6. The van der Waals surface area contributed by atoms with Gasteiger partial charge in [0, 0.05) is 6.04 Å². The Morgan fingerprint density at radius 2 is 2.07 bits per heavy atom. The maximum Gasteiger partial charge on any atom is 0.339 e. The van der Waals surface area contributed by atoms with Crippen molar-refractivity contribution in [2.75, 3.05) is 0 Å². The molecule has 1 aromatic rings. The van der Waals surface area contributed by atoms with Crippen LogP contribution in [0.25, 0.3) is 0 Å². The molecule has 5 heteroatoms. The Bertz CT molecular complexity index is 339. The van der Waals surface area contributed by atoms with Crippen molar-refractivity contribution in [3.8, 4) is 5.75 Å². The number of carboxylic acids is 1. The zero-order valence-electron chi connectivity index (χ0n) is 7.60. The molecule has 4 nitrogen and oxygen atoms in total. The lowest BCUT2D eigenvalue weighted by Gasteiger charge is -2.07. The third-order valence-electron chi connectivity index (χ3n) is 1.78. The second-order valence-electron chi connectivity index (χ2n) is 2.87. The molecule has 0 saturated carbocycles. The van der Waals surface area contributed by atoms with Gasteiger partial charge in [0.15, 0.2) is 0 Å². The molecule has 1 aromatic carbocycles. The summed E-state index contributed by atoms with van der Waals surface area (Å²) in [6.45, 7) is 1.75. The Morgan fingerprint density at radius 1 is 1.50 bits per heavy atom. The average Bonchev–Trinajstić information content (AvgIpc) is 2.04. The molecule has 0 radical (unpaired) electrons.